The van der Waals surface area contributed by atoms with Crippen molar-refractivity contribution in [2.75, 3.05) is 0 Å². The highest BCUT2D eigenvalue weighted by Crippen LogP contribution is 2.18. The molecule has 0 aliphatic carbocycles. The number of benzene rings is 1. The van der Waals surface area contributed by atoms with Gasteiger partial charge in [0.25, 0.3) is 0 Å². The normalized spacial score (nSPS) is 10.4. The number of aromatic nitrogens is 1. The molecule has 1 aromatic carbocycles. The first kappa shape index (κ1) is 8.97. The fraction of sp³-hybridized carbons (Fsp3) is 0. The molecule has 1 heterocycles. The van der Waals surface area contributed by atoms with Gasteiger partial charge in [0.15, 0.2) is 6.29 Å². The number of hydrogen-bond acceptors (Lipinski definition) is 2. The number of halogens is 1. The molecule has 0 radical (unpaired) electrons. The summed E-state index contributed by atoms with van der Waals surface area (Å²) >= 11 is 5.78. The van der Waals surface area contributed by atoms with E-state index in [1.807, 2.05) is 0 Å². The van der Waals surface area contributed by atoms with Gasteiger partial charge in [0.05, 0.1) is 0 Å². The van der Waals surface area contributed by atoms with Crippen molar-refractivity contribution < 1.29 is 4.79 Å². The summed E-state index contributed by atoms with van der Waals surface area (Å²) in [5.74, 6) is 0. The maximum Gasteiger partial charge on any atom is 0.249 e. The van der Waals surface area contributed by atoms with Crippen LogP contribution in [0.3, 0.4) is 0 Å². The lowest BCUT2D eigenvalue weighted by Crippen LogP contribution is -2.05. The Morgan fingerprint density at radius 2 is 2.07 bits per heavy atom. The molecule has 0 saturated heterocycles. The zero-order valence-electron chi connectivity index (χ0n) is 7.08. The number of hydrogen-bond donors (Lipinski definition) is 1. The molecule has 1 aromatic heterocycles. The van der Waals surface area contributed by atoms with Gasteiger partial charge in [-0.1, -0.05) is 11.6 Å². The summed E-state index contributed by atoms with van der Waals surface area (Å²) in [5.41, 5.74) is 0.678. The van der Waals surface area contributed by atoms with Crippen LogP contribution >= 0.6 is 11.6 Å². The van der Waals surface area contributed by atoms with Crippen LogP contribution in [0.2, 0.25) is 5.02 Å². The third kappa shape index (κ3) is 1.42. The highest BCUT2D eigenvalue weighted by molar-refractivity contribution is 6.31. The van der Waals surface area contributed by atoms with Crippen molar-refractivity contribution in [1.82, 2.24) is 4.98 Å². The van der Waals surface area contributed by atoms with E-state index in [1.165, 1.54) is 6.07 Å². The van der Waals surface area contributed by atoms with Gasteiger partial charge in [-0.25, -0.2) is 0 Å². The molecular formula is C10H6ClNO2. The van der Waals surface area contributed by atoms with E-state index in [0.717, 1.165) is 0 Å². The van der Waals surface area contributed by atoms with Gasteiger partial charge >= 0.3 is 0 Å². The number of rotatable bonds is 1. The minimum absolute atomic E-state index is 0.290. The number of fused-ring (bicyclic) bond motifs is 1. The number of carbonyl (C=O) groups is 1. The van der Waals surface area contributed by atoms with Crippen molar-refractivity contribution in [2.24, 2.45) is 0 Å². The largest absolute Gasteiger partial charge is 0.322 e. The number of pyridine rings is 1. The first-order valence-electron chi connectivity index (χ1n) is 3.98. The maximum absolute atomic E-state index is 11.1. The van der Waals surface area contributed by atoms with Crippen molar-refractivity contribution >= 4 is 28.8 Å². The number of nitrogens with one attached hydrogen (secondary N) is 1. The van der Waals surface area contributed by atoms with E-state index < -0.39 is 0 Å². The van der Waals surface area contributed by atoms with Crippen LogP contribution in [0.15, 0.2) is 29.1 Å². The predicted molar refractivity (Wildman–Crippen MR) is 55.0 cm³/mol. The van der Waals surface area contributed by atoms with Crippen molar-refractivity contribution in [3.05, 3.63) is 45.2 Å². The van der Waals surface area contributed by atoms with E-state index >= 15 is 0 Å². The first-order valence-corrected chi connectivity index (χ1v) is 4.36. The topological polar surface area (TPSA) is 49.9 Å². The van der Waals surface area contributed by atoms with Crippen LogP contribution in [0.1, 0.15) is 10.4 Å². The number of aromatic amines is 1. The van der Waals surface area contributed by atoms with E-state index in [-0.39, 0.29) is 5.56 Å². The fourth-order valence-corrected chi connectivity index (χ4v) is 1.52. The second-order valence-electron chi connectivity index (χ2n) is 2.90. The van der Waals surface area contributed by atoms with E-state index in [1.54, 1.807) is 18.2 Å². The van der Waals surface area contributed by atoms with E-state index in [4.69, 9.17) is 11.6 Å². The second kappa shape index (κ2) is 3.27. The van der Waals surface area contributed by atoms with Gasteiger partial charge in [-0.2, -0.15) is 0 Å². The van der Waals surface area contributed by atoms with Gasteiger partial charge in [-0.15, -0.1) is 0 Å². The Morgan fingerprint density at radius 3 is 2.79 bits per heavy atom. The van der Waals surface area contributed by atoms with E-state index in [0.29, 0.717) is 27.8 Å². The van der Waals surface area contributed by atoms with Crippen LogP contribution in [0.4, 0.5) is 0 Å². The third-order valence-corrected chi connectivity index (χ3v) is 2.20. The van der Waals surface area contributed by atoms with Crippen molar-refractivity contribution in [1.29, 1.82) is 0 Å². The van der Waals surface area contributed by atoms with Crippen LogP contribution < -0.4 is 5.56 Å². The summed E-state index contributed by atoms with van der Waals surface area (Å²) in [7, 11) is 0. The van der Waals surface area contributed by atoms with Crippen molar-refractivity contribution in [3.8, 4) is 0 Å². The van der Waals surface area contributed by atoms with Gasteiger partial charge < -0.3 is 4.98 Å². The van der Waals surface area contributed by atoms with Crippen LogP contribution in [0, 0.1) is 0 Å². The lowest BCUT2D eigenvalue weighted by molar-refractivity contribution is 0.112. The molecular weight excluding hydrogens is 202 g/mol. The molecule has 0 spiro atoms. The zero-order valence-corrected chi connectivity index (χ0v) is 7.84. The summed E-state index contributed by atoms with van der Waals surface area (Å²) < 4.78 is 0. The molecule has 4 heteroatoms. The van der Waals surface area contributed by atoms with Crippen LogP contribution in [-0.2, 0) is 0 Å². The molecule has 0 atom stereocenters. The van der Waals surface area contributed by atoms with Gasteiger partial charge in [-0.3, -0.25) is 9.59 Å². The Morgan fingerprint density at radius 1 is 1.29 bits per heavy atom. The lowest BCUT2D eigenvalue weighted by Gasteiger charge is -2.00. The molecule has 2 aromatic rings. The molecule has 0 amide bonds. The zero-order chi connectivity index (χ0) is 10.1. The Labute approximate surface area is 84.3 Å². The standard InChI is InChI=1S/C10H6ClNO2/c11-7-1-2-9-8(4-7)6(5-13)3-10(14)12-9/h1-5H,(H,12,14). The minimum atomic E-state index is -0.290. The summed E-state index contributed by atoms with van der Waals surface area (Å²) in [6.07, 6.45) is 0.647. The van der Waals surface area contributed by atoms with Crippen molar-refractivity contribution in [3.63, 3.8) is 0 Å². The van der Waals surface area contributed by atoms with Gasteiger partial charge in [-0.05, 0) is 18.2 Å². The Kier molecular flexibility index (Phi) is 2.09. The molecule has 0 fully saturated rings. The minimum Gasteiger partial charge on any atom is -0.322 e. The SMILES string of the molecule is O=Cc1cc(=O)[nH]c2ccc(Cl)cc12. The highest BCUT2D eigenvalue weighted by Gasteiger charge is 2.02. The fourth-order valence-electron chi connectivity index (χ4n) is 1.35. The molecule has 1 N–H and O–H groups in total. The molecule has 0 aliphatic heterocycles. The average Bonchev–Trinajstić information content (AvgIpc) is 2.17. The smallest absolute Gasteiger partial charge is 0.249 e. The van der Waals surface area contributed by atoms with Crippen LogP contribution in [0.25, 0.3) is 10.9 Å². The summed E-state index contributed by atoms with van der Waals surface area (Å²) in [6.45, 7) is 0. The predicted octanol–water partition coefficient (Wildman–Crippen LogP) is 1.99. The molecule has 0 bridgehead atoms. The molecule has 0 unspecified atom stereocenters. The molecule has 2 rings (SSSR count). The molecule has 3 nitrogen and oxygen atoms in total. The van der Waals surface area contributed by atoms with Gasteiger partial charge in [0.1, 0.15) is 0 Å². The highest BCUT2D eigenvalue weighted by atomic mass is 35.5. The lowest BCUT2D eigenvalue weighted by atomic mass is 10.1. The molecule has 0 aliphatic rings. The van der Waals surface area contributed by atoms with E-state index in [2.05, 4.69) is 4.98 Å². The molecule has 70 valence electrons. The Bertz CT molecular complexity index is 560. The first-order chi connectivity index (χ1) is 6.70. The quantitative estimate of drug-likeness (QED) is 0.727. The summed E-state index contributed by atoms with van der Waals surface area (Å²) in [6, 6.07) is 6.24. The van der Waals surface area contributed by atoms with Crippen molar-refractivity contribution in [2.45, 2.75) is 0 Å². The number of aldehydes is 1. The van der Waals surface area contributed by atoms with E-state index in [9.17, 15) is 9.59 Å². The third-order valence-electron chi connectivity index (χ3n) is 1.96. The number of H-pyrrole nitrogens is 1. The second-order valence-corrected chi connectivity index (χ2v) is 3.33. The van der Waals surface area contributed by atoms with Crippen LogP contribution in [-0.4, -0.2) is 11.3 Å². The van der Waals surface area contributed by atoms with Gasteiger partial charge in [0, 0.05) is 27.6 Å². The summed E-state index contributed by atoms with van der Waals surface area (Å²) in [5, 5.41) is 1.19. The average molecular weight is 208 g/mol. The summed E-state index contributed by atoms with van der Waals surface area (Å²) in [4.78, 5) is 24.4. The Hall–Kier alpha value is -1.61. The monoisotopic (exact) mass is 207 g/mol. The maximum atomic E-state index is 11.1. The van der Waals surface area contributed by atoms with Crippen LogP contribution in [0.5, 0.6) is 0 Å². The number of carbonyl (C=O) groups excluding carboxylic acids is 1. The van der Waals surface area contributed by atoms with Gasteiger partial charge in [0.2, 0.25) is 5.56 Å². The molecule has 14 heavy (non-hydrogen) atoms. The Balaban J connectivity index is 2.95. The molecule has 0 saturated carbocycles.